The molecular formula is C14H17N5O4. The summed E-state index contributed by atoms with van der Waals surface area (Å²) in [5.41, 5.74) is 8.97. The van der Waals surface area contributed by atoms with Crippen LogP contribution in [0.4, 0.5) is 4.79 Å². The molecule has 1 aromatic rings. The van der Waals surface area contributed by atoms with Gasteiger partial charge in [0.15, 0.2) is 0 Å². The van der Waals surface area contributed by atoms with Crippen molar-refractivity contribution >= 4 is 17.9 Å². The van der Waals surface area contributed by atoms with E-state index in [1.165, 1.54) is 13.8 Å². The molecule has 0 heterocycles. The molecule has 0 aromatic heterocycles. The van der Waals surface area contributed by atoms with E-state index >= 15 is 0 Å². The minimum absolute atomic E-state index is 0.0762. The molecule has 0 saturated heterocycles. The Hall–Kier alpha value is -3.06. The van der Waals surface area contributed by atoms with E-state index in [-0.39, 0.29) is 6.61 Å². The average Bonchev–Trinajstić information content (AvgIpc) is 2.54. The highest BCUT2D eigenvalue weighted by molar-refractivity contribution is 5.91. The van der Waals surface area contributed by atoms with Crippen LogP contribution in [0, 0.1) is 0 Å². The predicted octanol–water partition coefficient (Wildman–Crippen LogP) is 1.64. The monoisotopic (exact) mass is 319 g/mol. The van der Waals surface area contributed by atoms with Crippen LogP contribution in [0.3, 0.4) is 0 Å². The standard InChI is InChI=1S/C14H17N5O4/c1-9(12(20)16-10(2)13(21)18-19-15)17-14(22)23-8-11-6-4-3-5-7-11/h3-7,9-10H,8H2,1-2H3,(H,16,20)(H,17,22)/t9-,10-/m0/s1. The summed E-state index contributed by atoms with van der Waals surface area (Å²) >= 11 is 0. The summed E-state index contributed by atoms with van der Waals surface area (Å²) in [5.74, 6) is -1.42. The molecule has 0 unspecified atom stereocenters. The number of ether oxygens (including phenoxy) is 1. The molecule has 0 spiro atoms. The van der Waals surface area contributed by atoms with E-state index in [0.717, 1.165) is 5.56 Å². The Balaban J connectivity index is 2.40. The van der Waals surface area contributed by atoms with Crippen molar-refractivity contribution in [1.82, 2.24) is 10.6 Å². The first-order chi connectivity index (χ1) is 10.9. The third kappa shape index (κ3) is 6.49. The molecule has 0 aliphatic rings. The van der Waals surface area contributed by atoms with E-state index in [2.05, 4.69) is 20.7 Å². The van der Waals surface area contributed by atoms with E-state index in [9.17, 15) is 14.4 Å². The molecule has 0 saturated carbocycles. The second kappa shape index (κ2) is 9.06. The van der Waals surface area contributed by atoms with Gasteiger partial charge in [-0.25, -0.2) is 4.79 Å². The fraction of sp³-hybridized carbons (Fsp3) is 0.357. The lowest BCUT2D eigenvalue weighted by Crippen LogP contribution is -2.49. The Labute approximate surface area is 132 Å². The van der Waals surface area contributed by atoms with Gasteiger partial charge in [0.1, 0.15) is 12.6 Å². The molecule has 9 heteroatoms. The first kappa shape index (κ1) is 18.0. The van der Waals surface area contributed by atoms with Crippen LogP contribution >= 0.6 is 0 Å². The van der Waals surface area contributed by atoms with Gasteiger partial charge in [-0.3, -0.25) is 9.59 Å². The lowest BCUT2D eigenvalue weighted by Gasteiger charge is -2.16. The Morgan fingerprint density at radius 1 is 1.17 bits per heavy atom. The van der Waals surface area contributed by atoms with Gasteiger partial charge >= 0.3 is 6.09 Å². The normalized spacial score (nSPS) is 12.3. The number of hydrogen-bond donors (Lipinski definition) is 2. The molecule has 0 fully saturated rings. The lowest BCUT2D eigenvalue weighted by molar-refractivity contribution is -0.127. The Morgan fingerprint density at radius 3 is 2.43 bits per heavy atom. The first-order valence-corrected chi connectivity index (χ1v) is 6.80. The van der Waals surface area contributed by atoms with Gasteiger partial charge in [-0.05, 0) is 30.1 Å². The van der Waals surface area contributed by atoms with E-state index < -0.39 is 30.0 Å². The fourth-order valence-corrected chi connectivity index (χ4v) is 1.54. The summed E-state index contributed by atoms with van der Waals surface area (Å²) < 4.78 is 4.98. The third-order valence-corrected chi connectivity index (χ3v) is 2.81. The van der Waals surface area contributed by atoms with Crippen LogP contribution in [0.15, 0.2) is 35.4 Å². The Morgan fingerprint density at radius 2 is 1.83 bits per heavy atom. The van der Waals surface area contributed by atoms with Gasteiger partial charge in [-0.2, -0.15) is 0 Å². The quantitative estimate of drug-likeness (QED) is 0.468. The van der Waals surface area contributed by atoms with Crippen molar-refractivity contribution in [3.05, 3.63) is 46.3 Å². The second-order valence-corrected chi connectivity index (χ2v) is 4.69. The van der Waals surface area contributed by atoms with Crippen LogP contribution < -0.4 is 10.6 Å². The molecule has 0 aliphatic heterocycles. The number of hydrogen-bond acceptors (Lipinski definition) is 4. The van der Waals surface area contributed by atoms with Gasteiger partial charge < -0.3 is 15.4 Å². The van der Waals surface area contributed by atoms with Gasteiger partial charge in [0.05, 0.1) is 6.04 Å². The SMILES string of the molecule is C[C@H](NC(=O)[C@H](C)NC(=O)OCc1ccccc1)C(=O)N=[N+]=[N-]. The highest BCUT2D eigenvalue weighted by atomic mass is 16.5. The van der Waals surface area contributed by atoms with Crippen molar-refractivity contribution in [2.24, 2.45) is 5.11 Å². The number of carbonyl (C=O) groups is 3. The number of nitrogens with one attached hydrogen (secondary N) is 2. The van der Waals surface area contributed by atoms with Crippen LogP contribution in [0.25, 0.3) is 10.4 Å². The number of azide groups is 1. The fourth-order valence-electron chi connectivity index (χ4n) is 1.54. The second-order valence-electron chi connectivity index (χ2n) is 4.69. The van der Waals surface area contributed by atoms with Crippen molar-refractivity contribution in [2.45, 2.75) is 32.5 Å². The van der Waals surface area contributed by atoms with Crippen molar-refractivity contribution in [1.29, 1.82) is 0 Å². The molecule has 122 valence electrons. The highest BCUT2D eigenvalue weighted by Crippen LogP contribution is 2.00. The minimum Gasteiger partial charge on any atom is -0.445 e. The van der Waals surface area contributed by atoms with Crippen molar-refractivity contribution in [3.63, 3.8) is 0 Å². The van der Waals surface area contributed by atoms with Gasteiger partial charge in [0, 0.05) is 4.91 Å². The highest BCUT2D eigenvalue weighted by Gasteiger charge is 2.20. The van der Waals surface area contributed by atoms with Crippen LogP contribution in [-0.4, -0.2) is 30.0 Å². The zero-order valence-electron chi connectivity index (χ0n) is 12.7. The minimum atomic E-state index is -0.983. The number of alkyl carbamates (subject to hydrolysis) is 1. The van der Waals surface area contributed by atoms with Crippen molar-refractivity contribution < 1.29 is 19.1 Å². The molecule has 0 bridgehead atoms. The van der Waals surface area contributed by atoms with Crippen LogP contribution in [0.1, 0.15) is 19.4 Å². The topological polar surface area (TPSA) is 133 Å². The van der Waals surface area contributed by atoms with Crippen LogP contribution in [0.5, 0.6) is 0 Å². The number of carbonyl (C=O) groups excluding carboxylic acids is 3. The average molecular weight is 319 g/mol. The maximum Gasteiger partial charge on any atom is 0.408 e. The van der Waals surface area contributed by atoms with Gasteiger partial charge in [0.25, 0.3) is 0 Å². The maximum absolute atomic E-state index is 11.8. The van der Waals surface area contributed by atoms with E-state index in [1.54, 1.807) is 12.1 Å². The molecule has 0 aliphatic carbocycles. The van der Waals surface area contributed by atoms with Gasteiger partial charge in [0.2, 0.25) is 11.8 Å². The molecule has 2 atom stereocenters. The maximum atomic E-state index is 11.8. The molecule has 23 heavy (non-hydrogen) atoms. The number of benzene rings is 1. The molecular weight excluding hydrogens is 302 g/mol. The summed E-state index contributed by atoms with van der Waals surface area (Å²) in [7, 11) is 0. The zero-order valence-corrected chi connectivity index (χ0v) is 12.7. The third-order valence-electron chi connectivity index (χ3n) is 2.81. The zero-order chi connectivity index (χ0) is 17.2. The van der Waals surface area contributed by atoms with Crippen LogP contribution in [0.2, 0.25) is 0 Å². The summed E-state index contributed by atoms with van der Waals surface area (Å²) in [6, 6.07) is 7.17. The van der Waals surface area contributed by atoms with Crippen molar-refractivity contribution in [2.75, 3.05) is 0 Å². The number of rotatable bonds is 6. The largest absolute Gasteiger partial charge is 0.445 e. The van der Waals surface area contributed by atoms with E-state index in [4.69, 9.17) is 10.3 Å². The molecule has 3 amide bonds. The molecule has 0 radical (unpaired) electrons. The number of nitrogens with zero attached hydrogens (tertiary/aromatic N) is 3. The van der Waals surface area contributed by atoms with Crippen molar-refractivity contribution in [3.8, 4) is 0 Å². The van der Waals surface area contributed by atoms with Gasteiger partial charge in [-0.1, -0.05) is 30.3 Å². The lowest BCUT2D eigenvalue weighted by atomic mass is 10.2. The Bertz CT molecular complexity index is 613. The van der Waals surface area contributed by atoms with E-state index in [1.807, 2.05) is 18.2 Å². The number of amides is 3. The smallest absolute Gasteiger partial charge is 0.408 e. The van der Waals surface area contributed by atoms with Gasteiger partial charge in [-0.15, -0.1) is 0 Å². The summed E-state index contributed by atoms with van der Waals surface area (Å²) in [6.07, 6.45) is -0.759. The van der Waals surface area contributed by atoms with E-state index in [0.29, 0.717) is 0 Å². The Kier molecular flexibility index (Phi) is 7.09. The molecule has 2 N–H and O–H groups in total. The summed E-state index contributed by atoms with van der Waals surface area (Å²) in [5, 5.41) is 7.53. The molecule has 9 nitrogen and oxygen atoms in total. The first-order valence-electron chi connectivity index (χ1n) is 6.80. The summed E-state index contributed by atoms with van der Waals surface area (Å²) in [6.45, 7) is 2.88. The predicted molar refractivity (Wildman–Crippen MR) is 81.0 cm³/mol. The molecule has 1 rings (SSSR count). The summed E-state index contributed by atoms with van der Waals surface area (Å²) in [4.78, 5) is 37.0. The van der Waals surface area contributed by atoms with Crippen LogP contribution in [-0.2, 0) is 20.9 Å². The molecule has 1 aromatic carbocycles.